The van der Waals surface area contributed by atoms with Crippen molar-refractivity contribution in [3.05, 3.63) is 30.0 Å². The summed E-state index contributed by atoms with van der Waals surface area (Å²) in [6.45, 7) is 3.58. The molecule has 5 nitrogen and oxygen atoms in total. The lowest BCUT2D eigenvalue weighted by Crippen LogP contribution is -2.34. The highest BCUT2D eigenvalue weighted by atomic mass is 16.2. The lowest BCUT2D eigenvalue weighted by molar-refractivity contribution is 0.0758. The van der Waals surface area contributed by atoms with Gasteiger partial charge in [-0.2, -0.15) is 0 Å². The highest BCUT2D eigenvalue weighted by Crippen LogP contribution is 2.19. The monoisotopic (exact) mass is 272 g/mol. The molecule has 1 fully saturated rings. The van der Waals surface area contributed by atoms with Gasteiger partial charge in [0.2, 0.25) is 0 Å². The smallest absolute Gasteiger partial charge is 0.270 e. The molecule has 0 atom stereocenters. The minimum absolute atomic E-state index is 0.0788. The number of nitrogen functional groups attached to an aromatic ring is 1. The van der Waals surface area contributed by atoms with E-state index in [0.29, 0.717) is 11.4 Å². The molecule has 20 heavy (non-hydrogen) atoms. The average Bonchev–Trinajstić information content (AvgIpc) is 2.72. The molecule has 0 saturated carbocycles. The predicted octanol–water partition coefficient (Wildman–Crippen LogP) is 1.53. The van der Waals surface area contributed by atoms with E-state index in [1.165, 1.54) is 0 Å². The number of rotatable bonds is 1. The van der Waals surface area contributed by atoms with Crippen LogP contribution in [-0.4, -0.2) is 53.9 Å². The maximum Gasteiger partial charge on any atom is 0.270 e. The second-order valence-corrected chi connectivity index (χ2v) is 5.48. The quantitative estimate of drug-likeness (QED) is 0.774. The summed E-state index contributed by atoms with van der Waals surface area (Å²) in [5.41, 5.74) is 8.09. The van der Waals surface area contributed by atoms with Gasteiger partial charge in [0.05, 0.1) is 0 Å². The van der Waals surface area contributed by atoms with Gasteiger partial charge >= 0.3 is 0 Å². The van der Waals surface area contributed by atoms with Crippen molar-refractivity contribution in [2.75, 3.05) is 39.0 Å². The van der Waals surface area contributed by atoms with Crippen molar-refractivity contribution in [3.8, 4) is 0 Å². The van der Waals surface area contributed by atoms with Crippen molar-refractivity contribution in [2.45, 2.75) is 6.42 Å². The van der Waals surface area contributed by atoms with Crippen LogP contribution in [-0.2, 0) is 0 Å². The highest BCUT2D eigenvalue weighted by Gasteiger charge is 2.20. The Balaban J connectivity index is 1.84. The minimum atomic E-state index is 0.0788. The second-order valence-electron chi connectivity index (χ2n) is 5.48. The molecule has 1 aliphatic rings. The maximum absolute atomic E-state index is 12.6. The molecule has 3 rings (SSSR count). The van der Waals surface area contributed by atoms with Crippen molar-refractivity contribution in [1.29, 1.82) is 0 Å². The highest BCUT2D eigenvalue weighted by molar-refractivity contribution is 5.98. The van der Waals surface area contributed by atoms with Gasteiger partial charge in [0.25, 0.3) is 5.91 Å². The summed E-state index contributed by atoms with van der Waals surface area (Å²) in [5, 5.41) is 0.986. The number of hydrogen-bond acceptors (Lipinski definition) is 3. The van der Waals surface area contributed by atoms with Gasteiger partial charge in [0, 0.05) is 36.2 Å². The fourth-order valence-electron chi connectivity index (χ4n) is 2.69. The molecule has 0 bridgehead atoms. The molecule has 0 aliphatic carbocycles. The van der Waals surface area contributed by atoms with Gasteiger partial charge in [-0.05, 0) is 44.3 Å². The Hall–Kier alpha value is -2.01. The summed E-state index contributed by atoms with van der Waals surface area (Å²) in [4.78, 5) is 19.9. The van der Waals surface area contributed by atoms with Crippen LogP contribution >= 0.6 is 0 Å². The molecule has 0 unspecified atom stereocenters. The number of carbonyl (C=O) groups is 1. The van der Waals surface area contributed by atoms with Crippen molar-refractivity contribution in [2.24, 2.45) is 0 Å². The Morgan fingerprint density at radius 3 is 2.90 bits per heavy atom. The molecule has 1 amide bonds. The minimum Gasteiger partial charge on any atom is -0.399 e. The zero-order valence-electron chi connectivity index (χ0n) is 11.7. The van der Waals surface area contributed by atoms with E-state index in [-0.39, 0.29) is 5.91 Å². The standard InChI is InChI=1S/C15H20N4O/c1-18-5-2-6-19(8-7-18)15(20)14-10-11-9-12(16)3-4-13(11)17-14/h3-4,9-10,17H,2,5-8,16H2,1H3. The zero-order valence-corrected chi connectivity index (χ0v) is 11.7. The summed E-state index contributed by atoms with van der Waals surface area (Å²) in [7, 11) is 2.10. The van der Waals surface area contributed by atoms with Crippen LogP contribution in [0.1, 0.15) is 16.9 Å². The van der Waals surface area contributed by atoms with Crippen LogP contribution in [0, 0.1) is 0 Å². The van der Waals surface area contributed by atoms with Crippen LogP contribution < -0.4 is 5.73 Å². The van der Waals surface area contributed by atoms with E-state index >= 15 is 0 Å². The maximum atomic E-state index is 12.6. The first-order valence-corrected chi connectivity index (χ1v) is 6.99. The van der Waals surface area contributed by atoms with Crippen LogP contribution in [0.5, 0.6) is 0 Å². The Bertz CT molecular complexity index is 634. The number of H-pyrrole nitrogens is 1. The molecule has 106 valence electrons. The van der Waals surface area contributed by atoms with Crippen LogP contribution in [0.2, 0.25) is 0 Å². The number of fused-ring (bicyclic) bond motifs is 1. The Morgan fingerprint density at radius 1 is 1.20 bits per heavy atom. The molecule has 1 aromatic carbocycles. The molecule has 2 heterocycles. The van der Waals surface area contributed by atoms with Crippen molar-refractivity contribution in [1.82, 2.24) is 14.8 Å². The first-order valence-electron chi connectivity index (χ1n) is 6.99. The van der Waals surface area contributed by atoms with Gasteiger partial charge < -0.3 is 20.5 Å². The number of aromatic nitrogens is 1. The van der Waals surface area contributed by atoms with E-state index < -0.39 is 0 Å². The number of hydrogen-bond donors (Lipinski definition) is 2. The number of nitrogens with zero attached hydrogens (tertiary/aromatic N) is 2. The number of carbonyl (C=O) groups excluding carboxylic acids is 1. The van der Waals surface area contributed by atoms with Gasteiger partial charge in [0.1, 0.15) is 5.69 Å². The average molecular weight is 272 g/mol. The fraction of sp³-hybridized carbons (Fsp3) is 0.400. The van der Waals surface area contributed by atoms with Gasteiger partial charge in [-0.1, -0.05) is 0 Å². The molecule has 1 aliphatic heterocycles. The van der Waals surface area contributed by atoms with E-state index in [1.807, 2.05) is 29.2 Å². The number of anilines is 1. The van der Waals surface area contributed by atoms with Gasteiger partial charge in [-0.15, -0.1) is 0 Å². The number of amides is 1. The SMILES string of the molecule is CN1CCCN(C(=O)c2cc3cc(N)ccc3[nH]2)CC1. The molecule has 3 N–H and O–H groups in total. The van der Waals surface area contributed by atoms with Crippen LogP contribution in [0.25, 0.3) is 10.9 Å². The van der Waals surface area contributed by atoms with Crippen molar-refractivity contribution in [3.63, 3.8) is 0 Å². The largest absolute Gasteiger partial charge is 0.399 e. The molecular weight excluding hydrogens is 252 g/mol. The molecular formula is C15H20N4O. The normalized spacial score (nSPS) is 17.4. The molecule has 0 spiro atoms. The number of likely N-dealkylation sites (N-methyl/N-ethyl adjacent to an activating group) is 1. The molecule has 0 radical (unpaired) electrons. The van der Waals surface area contributed by atoms with Gasteiger partial charge in [-0.3, -0.25) is 4.79 Å². The molecule has 5 heteroatoms. The molecule has 1 saturated heterocycles. The summed E-state index contributed by atoms with van der Waals surface area (Å²) in [6.07, 6.45) is 1.02. The summed E-state index contributed by atoms with van der Waals surface area (Å²) in [5.74, 6) is 0.0788. The zero-order chi connectivity index (χ0) is 14.1. The number of benzene rings is 1. The lowest BCUT2D eigenvalue weighted by atomic mass is 10.2. The first kappa shape index (κ1) is 13.0. The van der Waals surface area contributed by atoms with E-state index in [4.69, 9.17) is 5.73 Å². The van der Waals surface area contributed by atoms with E-state index in [0.717, 1.165) is 43.5 Å². The molecule has 1 aromatic heterocycles. The number of aromatic amines is 1. The van der Waals surface area contributed by atoms with Crippen LogP contribution in [0.4, 0.5) is 5.69 Å². The number of nitrogens with two attached hydrogens (primary N) is 1. The number of nitrogens with one attached hydrogen (secondary N) is 1. The van der Waals surface area contributed by atoms with Gasteiger partial charge in [-0.25, -0.2) is 0 Å². The van der Waals surface area contributed by atoms with E-state index in [9.17, 15) is 4.79 Å². The van der Waals surface area contributed by atoms with E-state index in [1.54, 1.807) is 0 Å². The third kappa shape index (κ3) is 2.49. The van der Waals surface area contributed by atoms with Crippen molar-refractivity contribution >= 4 is 22.5 Å². The fourth-order valence-corrected chi connectivity index (χ4v) is 2.69. The third-order valence-corrected chi connectivity index (χ3v) is 3.88. The van der Waals surface area contributed by atoms with E-state index in [2.05, 4.69) is 16.9 Å². The predicted molar refractivity (Wildman–Crippen MR) is 80.7 cm³/mol. The third-order valence-electron chi connectivity index (χ3n) is 3.88. The summed E-state index contributed by atoms with van der Waals surface area (Å²) >= 11 is 0. The van der Waals surface area contributed by atoms with Crippen LogP contribution in [0.15, 0.2) is 24.3 Å². The van der Waals surface area contributed by atoms with Gasteiger partial charge in [0.15, 0.2) is 0 Å². The Labute approximate surface area is 118 Å². The second kappa shape index (κ2) is 5.17. The van der Waals surface area contributed by atoms with Crippen LogP contribution in [0.3, 0.4) is 0 Å². The summed E-state index contributed by atoms with van der Waals surface area (Å²) in [6, 6.07) is 7.53. The first-order chi connectivity index (χ1) is 9.63. The lowest BCUT2D eigenvalue weighted by Gasteiger charge is -2.19. The Kier molecular flexibility index (Phi) is 3.36. The summed E-state index contributed by atoms with van der Waals surface area (Å²) < 4.78 is 0. The van der Waals surface area contributed by atoms with Crippen molar-refractivity contribution < 1.29 is 4.79 Å². The molecule has 2 aromatic rings. The Morgan fingerprint density at radius 2 is 2.05 bits per heavy atom. The topological polar surface area (TPSA) is 65.4 Å².